The van der Waals surface area contributed by atoms with Gasteiger partial charge in [-0.15, -0.1) is 0 Å². The molecular formula is C14H29AlO5. The highest BCUT2D eigenvalue weighted by Gasteiger charge is 2.46. The molecule has 0 heterocycles. The lowest BCUT2D eigenvalue weighted by Gasteiger charge is -2.30. The number of carboxylic acid groups (broad SMARTS) is 1. The first-order chi connectivity index (χ1) is 8.83. The zero-order chi connectivity index (χ0) is 15.1. The number of hydrogen-bond donors (Lipinski definition) is 1. The normalized spacial score (nSPS) is 16.6. The second-order valence-corrected chi connectivity index (χ2v) is 4.78. The molecule has 0 spiro atoms. The van der Waals surface area contributed by atoms with Crippen LogP contribution in [0.25, 0.3) is 0 Å². The molecule has 0 aliphatic carbocycles. The van der Waals surface area contributed by atoms with Crippen molar-refractivity contribution >= 4 is 29.1 Å². The lowest BCUT2D eigenvalue weighted by molar-refractivity contribution is -0.182. The van der Waals surface area contributed by atoms with Crippen molar-refractivity contribution in [1.82, 2.24) is 0 Å². The number of carbonyl (C=O) groups excluding carboxylic acids is 1. The zero-order valence-corrected chi connectivity index (χ0v) is 12.6. The van der Waals surface area contributed by atoms with Crippen molar-refractivity contribution in [3.05, 3.63) is 0 Å². The Morgan fingerprint density at radius 2 is 1.60 bits per heavy atom. The molecule has 6 heteroatoms. The number of rotatable bonds is 10. The summed E-state index contributed by atoms with van der Waals surface area (Å²) >= 11 is 0. The molecule has 0 radical (unpaired) electrons. The third-order valence-electron chi connectivity index (χ3n) is 3.34. The Bertz CT molecular complexity index is 308. The highest BCUT2D eigenvalue weighted by atomic mass is 27.0. The highest BCUT2D eigenvalue weighted by Crippen LogP contribution is 2.22. The molecule has 0 bridgehead atoms. The van der Waals surface area contributed by atoms with Gasteiger partial charge >= 0.3 is 5.97 Å². The van der Waals surface area contributed by atoms with E-state index < -0.39 is 17.4 Å². The van der Waals surface area contributed by atoms with Crippen LogP contribution in [0.3, 0.4) is 0 Å². The number of carbonyl (C=O) groups is 2. The van der Waals surface area contributed by atoms with Crippen LogP contribution < -0.4 is 0 Å². The van der Waals surface area contributed by atoms with Crippen LogP contribution in [0.1, 0.15) is 53.9 Å². The van der Waals surface area contributed by atoms with Crippen LogP contribution in [0.5, 0.6) is 0 Å². The standard InChI is InChI=1S/C14H26O5.Al.3H/c1-6-10(4)18-9-12(15)14(8-3,13(16)17)19-11(5)7-2;;;;/h10-11H,6-9H2,1-5H3,(H,16,17);;;;. The first kappa shape index (κ1) is 21.9. The Labute approximate surface area is 132 Å². The monoisotopic (exact) mass is 304 g/mol. The van der Waals surface area contributed by atoms with Gasteiger partial charge < -0.3 is 14.6 Å². The van der Waals surface area contributed by atoms with E-state index >= 15 is 0 Å². The fourth-order valence-corrected chi connectivity index (χ4v) is 1.55. The molecule has 0 fully saturated rings. The minimum absolute atomic E-state index is 0. The zero-order valence-electron chi connectivity index (χ0n) is 12.6. The third kappa shape index (κ3) is 5.92. The summed E-state index contributed by atoms with van der Waals surface area (Å²) in [7, 11) is 0. The Hall–Kier alpha value is -0.408. The summed E-state index contributed by atoms with van der Waals surface area (Å²) in [6.45, 7) is 8.83. The van der Waals surface area contributed by atoms with Crippen LogP contribution in [0.15, 0.2) is 0 Å². The minimum Gasteiger partial charge on any atom is -0.479 e. The van der Waals surface area contributed by atoms with Gasteiger partial charge in [0.25, 0.3) is 0 Å². The number of Topliss-reactive ketones (excluding diaryl/α,β-unsaturated/α-hetero) is 1. The van der Waals surface area contributed by atoms with Crippen molar-refractivity contribution in [2.24, 2.45) is 0 Å². The second-order valence-electron chi connectivity index (χ2n) is 4.78. The average molecular weight is 304 g/mol. The number of aliphatic carboxylic acids is 1. The summed E-state index contributed by atoms with van der Waals surface area (Å²) < 4.78 is 10.8. The van der Waals surface area contributed by atoms with Gasteiger partial charge in [0.05, 0.1) is 12.2 Å². The van der Waals surface area contributed by atoms with Crippen molar-refractivity contribution in [3.8, 4) is 0 Å². The molecule has 0 rings (SSSR count). The molecule has 118 valence electrons. The Kier molecular flexibility index (Phi) is 11.3. The van der Waals surface area contributed by atoms with E-state index in [0.717, 1.165) is 6.42 Å². The van der Waals surface area contributed by atoms with Gasteiger partial charge in [0.15, 0.2) is 17.4 Å². The predicted octanol–water partition coefficient (Wildman–Crippen LogP) is 1.24. The van der Waals surface area contributed by atoms with Crippen molar-refractivity contribution in [1.29, 1.82) is 0 Å². The lowest BCUT2D eigenvalue weighted by Crippen LogP contribution is -2.52. The van der Waals surface area contributed by atoms with Crippen LogP contribution in [0, 0.1) is 0 Å². The van der Waals surface area contributed by atoms with E-state index in [9.17, 15) is 14.7 Å². The Morgan fingerprint density at radius 1 is 1.10 bits per heavy atom. The maximum Gasteiger partial charge on any atom is 0.343 e. The second kappa shape index (κ2) is 10.3. The molecule has 0 aromatic heterocycles. The fraction of sp³-hybridized carbons (Fsp3) is 0.857. The summed E-state index contributed by atoms with van der Waals surface area (Å²) in [6, 6.07) is 0. The van der Waals surface area contributed by atoms with E-state index in [-0.39, 0.29) is 42.6 Å². The lowest BCUT2D eigenvalue weighted by atomic mass is 9.94. The van der Waals surface area contributed by atoms with E-state index in [1.807, 2.05) is 20.8 Å². The van der Waals surface area contributed by atoms with Gasteiger partial charge in [-0.05, 0) is 33.1 Å². The third-order valence-corrected chi connectivity index (χ3v) is 3.34. The maximum absolute atomic E-state index is 12.2. The van der Waals surface area contributed by atoms with Gasteiger partial charge in [0.2, 0.25) is 11.4 Å². The smallest absolute Gasteiger partial charge is 0.343 e. The summed E-state index contributed by atoms with van der Waals surface area (Å²) in [5.41, 5.74) is -1.79. The first-order valence-corrected chi connectivity index (χ1v) is 6.90. The van der Waals surface area contributed by atoms with E-state index in [2.05, 4.69) is 0 Å². The van der Waals surface area contributed by atoms with Gasteiger partial charge in [-0.25, -0.2) is 4.79 Å². The number of hydrogen-bond acceptors (Lipinski definition) is 4. The van der Waals surface area contributed by atoms with Crippen LogP contribution >= 0.6 is 0 Å². The quantitative estimate of drug-likeness (QED) is 0.485. The molecule has 0 amide bonds. The molecule has 0 saturated heterocycles. The number of ketones is 1. The molecule has 1 N–H and O–H groups in total. The van der Waals surface area contributed by atoms with Crippen molar-refractivity contribution in [2.45, 2.75) is 71.7 Å². The number of ether oxygens (including phenoxy) is 2. The van der Waals surface area contributed by atoms with E-state index in [1.54, 1.807) is 13.8 Å². The molecule has 0 aliphatic rings. The molecule has 0 aromatic carbocycles. The summed E-state index contributed by atoms with van der Waals surface area (Å²) in [6.07, 6.45) is 1.15. The summed E-state index contributed by atoms with van der Waals surface area (Å²) in [5.74, 6) is -1.77. The van der Waals surface area contributed by atoms with Gasteiger partial charge in [-0.1, -0.05) is 20.8 Å². The van der Waals surface area contributed by atoms with Gasteiger partial charge in [0, 0.05) is 0 Å². The minimum atomic E-state index is -1.79. The molecule has 3 unspecified atom stereocenters. The predicted molar refractivity (Wildman–Crippen MR) is 82.1 cm³/mol. The Balaban J connectivity index is 0. The van der Waals surface area contributed by atoms with Gasteiger partial charge in [0.1, 0.15) is 6.61 Å². The van der Waals surface area contributed by atoms with Crippen LogP contribution in [0.2, 0.25) is 0 Å². The SMILES string of the molecule is CCC(C)OCC(=O)C(CC)(OC(C)CC)C(=O)O.[AlH3]. The first-order valence-electron chi connectivity index (χ1n) is 6.90. The molecule has 3 atom stereocenters. The number of carboxylic acids is 1. The summed E-state index contributed by atoms with van der Waals surface area (Å²) in [4.78, 5) is 23.6. The van der Waals surface area contributed by atoms with Crippen LogP contribution in [0.4, 0.5) is 0 Å². The van der Waals surface area contributed by atoms with E-state index in [0.29, 0.717) is 6.42 Å². The molecule has 0 aromatic rings. The van der Waals surface area contributed by atoms with E-state index in [1.165, 1.54) is 0 Å². The van der Waals surface area contributed by atoms with Crippen molar-refractivity contribution in [3.63, 3.8) is 0 Å². The molecule has 0 saturated carbocycles. The maximum atomic E-state index is 12.2. The van der Waals surface area contributed by atoms with Crippen LogP contribution in [-0.4, -0.2) is 58.6 Å². The van der Waals surface area contributed by atoms with Crippen molar-refractivity contribution < 1.29 is 24.2 Å². The molecule has 20 heavy (non-hydrogen) atoms. The average Bonchev–Trinajstić information content (AvgIpc) is 2.40. The highest BCUT2D eigenvalue weighted by molar-refractivity contribution is 6.07. The largest absolute Gasteiger partial charge is 0.479 e. The molecule has 5 nitrogen and oxygen atoms in total. The molecule has 0 aliphatic heterocycles. The van der Waals surface area contributed by atoms with Gasteiger partial charge in [-0.2, -0.15) is 0 Å². The van der Waals surface area contributed by atoms with Crippen LogP contribution in [-0.2, 0) is 19.1 Å². The van der Waals surface area contributed by atoms with Crippen molar-refractivity contribution in [2.75, 3.05) is 6.61 Å². The Morgan fingerprint density at radius 3 is 1.95 bits per heavy atom. The summed E-state index contributed by atoms with van der Waals surface area (Å²) in [5, 5.41) is 9.36. The van der Waals surface area contributed by atoms with Gasteiger partial charge in [-0.3, -0.25) is 4.79 Å². The fourth-order valence-electron chi connectivity index (χ4n) is 1.55. The molecular weight excluding hydrogens is 275 g/mol. The topological polar surface area (TPSA) is 72.8 Å². The van der Waals surface area contributed by atoms with E-state index in [4.69, 9.17) is 9.47 Å².